The molecule has 0 heterocycles. The van der Waals surface area contributed by atoms with Crippen LogP contribution in [0.3, 0.4) is 0 Å². The zero-order valence-corrected chi connectivity index (χ0v) is 22.7. The Labute approximate surface area is 218 Å². The second kappa shape index (κ2) is 23.2. The van der Waals surface area contributed by atoms with Crippen LogP contribution in [0, 0.1) is 0 Å². The number of aliphatic hydroxyl groups excluding tert-OH is 1. The third-order valence-corrected chi connectivity index (χ3v) is 6.78. The first-order chi connectivity index (χ1) is 13.0. The van der Waals surface area contributed by atoms with Crippen LogP contribution in [0.4, 0.5) is 0 Å². The topological polar surface area (TPSA) is 77.4 Å². The minimum Gasteiger partial charge on any atom is -0.748 e. The van der Waals surface area contributed by atoms with Crippen LogP contribution in [-0.4, -0.2) is 29.9 Å². The summed E-state index contributed by atoms with van der Waals surface area (Å²) >= 11 is 0. The molecule has 0 saturated carbocycles. The molecule has 6 heteroatoms. The Balaban J connectivity index is 0. The monoisotopic (exact) mass is 444 g/mol. The predicted molar refractivity (Wildman–Crippen MR) is 114 cm³/mol. The Morgan fingerprint density at radius 3 is 1.25 bits per heavy atom. The molecule has 0 aromatic heterocycles. The molecule has 0 aliphatic heterocycles. The predicted octanol–water partition coefficient (Wildman–Crippen LogP) is 3.33. The molecule has 0 bridgehead atoms. The minimum atomic E-state index is -4.26. The molecule has 4 nitrogen and oxygen atoms in total. The zero-order chi connectivity index (χ0) is 20.2. The van der Waals surface area contributed by atoms with Gasteiger partial charge >= 0.3 is 51.4 Å². The molecule has 0 radical (unpaired) electrons. The van der Waals surface area contributed by atoms with E-state index in [-0.39, 0.29) is 64.4 Å². The van der Waals surface area contributed by atoms with Crippen molar-refractivity contribution in [3.8, 4) is 0 Å². The van der Waals surface area contributed by atoms with Crippen molar-refractivity contribution in [2.75, 3.05) is 6.61 Å². The van der Waals surface area contributed by atoms with Crippen molar-refractivity contribution in [2.45, 2.75) is 134 Å². The van der Waals surface area contributed by atoms with E-state index in [2.05, 4.69) is 6.92 Å². The van der Waals surface area contributed by atoms with Crippen LogP contribution in [0.15, 0.2) is 0 Å². The molecule has 0 fully saturated rings. The maximum Gasteiger partial charge on any atom is 1.00 e. The van der Waals surface area contributed by atoms with Crippen molar-refractivity contribution in [3.05, 3.63) is 0 Å². The Kier molecular flexibility index (Phi) is 26.2. The Bertz CT molecular complexity index is 401. The fraction of sp³-hybridized carbons (Fsp3) is 1.00. The van der Waals surface area contributed by atoms with Crippen LogP contribution < -0.4 is 51.4 Å². The van der Waals surface area contributed by atoms with Gasteiger partial charge in [-0.3, -0.25) is 0 Å². The summed E-state index contributed by atoms with van der Waals surface area (Å²) in [6.07, 6.45) is 22.4. The summed E-state index contributed by atoms with van der Waals surface area (Å²) in [6, 6.07) is 0. The Morgan fingerprint density at radius 1 is 0.643 bits per heavy atom. The van der Waals surface area contributed by atoms with E-state index < -0.39 is 15.4 Å². The van der Waals surface area contributed by atoms with Gasteiger partial charge in [-0.05, 0) is 12.8 Å². The molecule has 1 unspecified atom stereocenters. The van der Waals surface area contributed by atoms with Crippen molar-refractivity contribution in [2.24, 2.45) is 0 Å². The van der Waals surface area contributed by atoms with Crippen molar-refractivity contribution >= 4 is 10.1 Å². The molecule has 0 spiro atoms. The molecule has 0 aliphatic rings. The van der Waals surface area contributed by atoms with Crippen molar-refractivity contribution in [1.82, 2.24) is 0 Å². The van der Waals surface area contributed by atoms with Crippen molar-refractivity contribution in [3.63, 3.8) is 0 Å². The SMILES string of the molecule is CCCCCCCCCCCCCCCCCCCC(CCO)S(=O)(=O)[O-].[K+]. The Morgan fingerprint density at radius 2 is 0.964 bits per heavy atom. The molecule has 0 aliphatic carbocycles. The molecule has 0 rings (SSSR count). The van der Waals surface area contributed by atoms with Crippen LogP contribution in [0.1, 0.15) is 129 Å². The molecule has 28 heavy (non-hydrogen) atoms. The summed E-state index contributed by atoms with van der Waals surface area (Å²) in [6.45, 7) is 2.03. The van der Waals surface area contributed by atoms with Crippen LogP contribution in [0.5, 0.6) is 0 Å². The van der Waals surface area contributed by atoms with Gasteiger partial charge < -0.3 is 9.66 Å². The standard InChI is InChI=1S/C22H46O4S.K/c1-2-3-4-5-6-7-8-9-10-11-12-13-14-15-16-17-18-19-22(20-21-23)27(24,25)26;/h22-23H,2-21H2,1H3,(H,24,25,26);/q;+1/p-1. The Hall–Kier alpha value is 1.51. The summed E-state index contributed by atoms with van der Waals surface area (Å²) in [5, 5.41) is 7.94. The summed E-state index contributed by atoms with van der Waals surface area (Å²) in [7, 11) is -4.26. The van der Waals surface area contributed by atoms with Crippen LogP contribution in [-0.2, 0) is 10.1 Å². The normalized spacial score (nSPS) is 12.7. The van der Waals surface area contributed by atoms with E-state index in [9.17, 15) is 13.0 Å². The molecule has 1 atom stereocenters. The van der Waals surface area contributed by atoms with Gasteiger partial charge in [0.05, 0.1) is 15.4 Å². The van der Waals surface area contributed by atoms with Gasteiger partial charge in [0, 0.05) is 6.61 Å². The largest absolute Gasteiger partial charge is 1.00 e. The van der Waals surface area contributed by atoms with Crippen molar-refractivity contribution < 1.29 is 69.5 Å². The molecule has 1 N–H and O–H groups in total. The van der Waals surface area contributed by atoms with E-state index in [4.69, 9.17) is 5.11 Å². The van der Waals surface area contributed by atoms with Crippen LogP contribution in [0.25, 0.3) is 0 Å². The first kappa shape index (κ1) is 31.7. The molecule has 164 valence electrons. The number of hydrogen-bond donors (Lipinski definition) is 1. The molecule has 0 saturated heterocycles. The van der Waals surface area contributed by atoms with E-state index in [1.54, 1.807) is 0 Å². The van der Waals surface area contributed by atoms with Gasteiger partial charge in [0.25, 0.3) is 0 Å². The third kappa shape index (κ3) is 22.2. The van der Waals surface area contributed by atoms with Crippen LogP contribution >= 0.6 is 0 Å². The quantitative estimate of drug-likeness (QED) is 0.167. The maximum atomic E-state index is 11.1. The van der Waals surface area contributed by atoms with Gasteiger partial charge in [0.15, 0.2) is 0 Å². The summed E-state index contributed by atoms with van der Waals surface area (Å²) in [4.78, 5) is 0. The number of rotatable bonds is 21. The number of hydrogen-bond acceptors (Lipinski definition) is 4. The first-order valence-corrected chi connectivity index (χ1v) is 13.0. The van der Waals surface area contributed by atoms with E-state index in [0.29, 0.717) is 6.42 Å². The van der Waals surface area contributed by atoms with E-state index in [0.717, 1.165) is 19.3 Å². The molecule has 0 amide bonds. The first-order valence-electron chi connectivity index (χ1n) is 11.6. The molecular formula is C22H45KO4S. The van der Waals surface area contributed by atoms with Gasteiger partial charge in [0.2, 0.25) is 0 Å². The van der Waals surface area contributed by atoms with Gasteiger partial charge in [-0.1, -0.05) is 116 Å². The number of unbranched alkanes of at least 4 members (excludes halogenated alkanes) is 16. The molecular weight excluding hydrogens is 399 g/mol. The van der Waals surface area contributed by atoms with Gasteiger partial charge in [0.1, 0.15) is 0 Å². The second-order valence-corrected chi connectivity index (χ2v) is 9.72. The third-order valence-electron chi connectivity index (χ3n) is 5.49. The average Bonchev–Trinajstić information content (AvgIpc) is 2.62. The van der Waals surface area contributed by atoms with Gasteiger partial charge in [-0.2, -0.15) is 0 Å². The average molecular weight is 445 g/mol. The smallest absolute Gasteiger partial charge is 0.748 e. The second-order valence-electron chi connectivity index (χ2n) is 8.07. The van der Waals surface area contributed by atoms with E-state index in [1.165, 1.54) is 89.9 Å². The van der Waals surface area contributed by atoms with Crippen molar-refractivity contribution in [1.29, 1.82) is 0 Å². The van der Waals surface area contributed by atoms with E-state index in [1.807, 2.05) is 0 Å². The van der Waals surface area contributed by atoms with Crippen LogP contribution in [0.2, 0.25) is 0 Å². The minimum absolute atomic E-state index is 0. The zero-order valence-electron chi connectivity index (χ0n) is 18.8. The maximum absolute atomic E-state index is 11.1. The summed E-state index contributed by atoms with van der Waals surface area (Å²) < 4.78 is 33.2. The molecule has 0 aromatic rings. The number of aliphatic hydroxyl groups is 1. The van der Waals surface area contributed by atoms with E-state index >= 15 is 0 Å². The fourth-order valence-corrected chi connectivity index (χ4v) is 4.52. The van der Waals surface area contributed by atoms with Gasteiger partial charge in [-0.25, -0.2) is 8.42 Å². The summed E-state index contributed by atoms with van der Waals surface area (Å²) in [5.41, 5.74) is 0. The summed E-state index contributed by atoms with van der Waals surface area (Å²) in [5.74, 6) is 0. The fourth-order valence-electron chi connectivity index (χ4n) is 3.67. The molecule has 0 aromatic carbocycles. The van der Waals surface area contributed by atoms with Gasteiger partial charge in [-0.15, -0.1) is 0 Å².